The van der Waals surface area contributed by atoms with Gasteiger partial charge in [0, 0.05) is 22.6 Å². The number of nitrogens with zero attached hydrogens (tertiary/aromatic N) is 1. The first-order valence-electron chi connectivity index (χ1n) is 6.53. The van der Waals surface area contributed by atoms with Crippen LogP contribution >= 0.6 is 23.1 Å². The molecule has 0 saturated carbocycles. The summed E-state index contributed by atoms with van der Waals surface area (Å²) < 4.78 is 0. The van der Waals surface area contributed by atoms with Crippen molar-refractivity contribution in [1.29, 1.82) is 5.26 Å². The predicted molar refractivity (Wildman–Crippen MR) is 87.4 cm³/mol. The summed E-state index contributed by atoms with van der Waals surface area (Å²) in [6, 6.07) is 8.91. The van der Waals surface area contributed by atoms with Crippen LogP contribution in [0, 0.1) is 11.3 Å². The van der Waals surface area contributed by atoms with E-state index in [0.29, 0.717) is 28.2 Å². The molecule has 2 N–H and O–H groups in total. The minimum Gasteiger partial charge on any atom is -0.325 e. The maximum atomic E-state index is 12.3. The van der Waals surface area contributed by atoms with Crippen molar-refractivity contribution in [2.24, 2.45) is 0 Å². The van der Waals surface area contributed by atoms with E-state index in [1.807, 2.05) is 12.1 Å². The molecule has 0 aliphatic carbocycles. The van der Waals surface area contributed by atoms with Crippen LogP contribution in [0.25, 0.3) is 0 Å². The Labute approximate surface area is 135 Å². The molecular formula is C15H11N3O2S2. The fourth-order valence-electron chi connectivity index (χ4n) is 2.03. The summed E-state index contributed by atoms with van der Waals surface area (Å²) in [5.41, 5.74) is 1.54. The van der Waals surface area contributed by atoms with Gasteiger partial charge in [-0.2, -0.15) is 5.26 Å². The van der Waals surface area contributed by atoms with Crippen LogP contribution in [0.2, 0.25) is 0 Å². The Bertz CT molecular complexity index is 792. The quantitative estimate of drug-likeness (QED) is 0.885. The molecule has 2 heterocycles. The SMILES string of the molecule is N#Cc1ccsc1NC(=O)c1ccc2c(c1)NC(=O)CCS2. The molecule has 1 aliphatic heterocycles. The maximum Gasteiger partial charge on any atom is 0.256 e. The van der Waals surface area contributed by atoms with Gasteiger partial charge in [-0.05, 0) is 29.6 Å². The number of hydrogen-bond donors (Lipinski definition) is 2. The smallest absolute Gasteiger partial charge is 0.256 e. The molecule has 0 fully saturated rings. The first-order chi connectivity index (χ1) is 10.7. The van der Waals surface area contributed by atoms with Crippen molar-refractivity contribution in [3.63, 3.8) is 0 Å². The van der Waals surface area contributed by atoms with Crippen LogP contribution in [0.4, 0.5) is 10.7 Å². The lowest BCUT2D eigenvalue weighted by molar-refractivity contribution is -0.115. The minimum atomic E-state index is -0.301. The first kappa shape index (κ1) is 14.6. The number of anilines is 2. The molecule has 0 atom stereocenters. The zero-order chi connectivity index (χ0) is 15.5. The summed E-state index contributed by atoms with van der Waals surface area (Å²) in [4.78, 5) is 24.9. The van der Waals surface area contributed by atoms with Gasteiger partial charge < -0.3 is 10.6 Å². The highest BCUT2D eigenvalue weighted by atomic mass is 32.2. The fraction of sp³-hybridized carbons (Fsp3) is 0.133. The van der Waals surface area contributed by atoms with Crippen molar-refractivity contribution in [2.45, 2.75) is 11.3 Å². The molecule has 1 aromatic carbocycles. The first-order valence-corrected chi connectivity index (χ1v) is 8.39. The molecule has 5 nitrogen and oxygen atoms in total. The van der Waals surface area contributed by atoms with Crippen LogP contribution in [-0.4, -0.2) is 17.6 Å². The van der Waals surface area contributed by atoms with E-state index >= 15 is 0 Å². The van der Waals surface area contributed by atoms with Gasteiger partial charge in [-0.15, -0.1) is 23.1 Å². The fourth-order valence-corrected chi connectivity index (χ4v) is 3.70. The van der Waals surface area contributed by atoms with Crippen LogP contribution in [0.3, 0.4) is 0 Å². The summed E-state index contributed by atoms with van der Waals surface area (Å²) in [6.07, 6.45) is 0.460. The lowest BCUT2D eigenvalue weighted by Gasteiger charge is -2.09. The number of carbonyl (C=O) groups is 2. The lowest BCUT2D eigenvalue weighted by atomic mass is 10.2. The van der Waals surface area contributed by atoms with E-state index in [9.17, 15) is 9.59 Å². The third kappa shape index (κ3) is 2.98. The molecule has 0 unspecified atom stereocenters. The normalized spacial score (nSPS) is 13.5. The topological polar surface area (TPSA) is 82.0 Å². The van der Waals surface area contributed by atoms with E-state index in [1.54, 1.807) is 35.3 Å². The Morgan fingerprint density at radius 2 is 2.23 bits per heavy atom. The average molecular weight is 329 g/mol. The highest BCUT2D eigenvalue weighted by molar-refractivity contribution is 7.99. The molecule has 2 aromatic rings. The zero-order valence-corrected chi connectivity index (χ0v) is 13.0. The second-order valence-corrected chi connectivity index (χ2v) is 6.64. The molecule has 110 valence electrons. The molecule has 22 heavy (non-hydrogen) atoms. The van der Waals surface area contributed by atoms with Gasteiger partial charge in [-0.1, -0.05) is 0 Å². The lowest BCUT2D eigenvalue weighted by Crippen LogP contribution is -2.14. The summed E-state index contributed by atoms with van der Waals surface area (Å²) in [5.74, 6) is 0.379. The van der Waals surface area contributed by atoms with Gasteiger partial charge in [-0.3, -0.25) is 9.59 Å². The second kappa shape index (κ2) is 6.22. The number of amides is 2. The van der Waals surface area contributed by atoms with Gasteiger partial charge in [0.25, 0.3) is 5.91 Å². The van der Waals surface area contributed by atoms with Crippen molar-refractivity contribution in [2.75, 3.05) is 16.4 Å². The van der Waals surface area contributed by atoms with Gasteiger partial charge in [0.1, 0.15) is 11.1 Å². The second-order valence-electron chi connectivity index (χ2n) is 4.59. The minimum absolute atomic E-state index is 0.0474. The molecular weight excluding hydrogens is 318 g/mol. The van der Waals surface area contributed by atoms with Crippen LogP contribution in [0.15, 0.2) is 34.5 Å². The van der Waals surface area contributed by atoms with Gasteiger partial charge in [0.15, 0.2) is 0 Å². The number of carbonyl (C=O) groups excluding carboxylic acids is 2. The molecule has 0 saturated heterocycles. The molecule has 1 aromatic heterocycles. The summed E-state index contributed by atoms with van der Waals surface area (Å²) >= 11 is 2.89. The van der Waals surface area contributed by atoms with Crippen molar-refractivity contribution in [3.05, 3.63) is 40.8 Å². The van der Waals surface area contributed by atoms with E-state index in [0.717, 1.165) is 10.6 Å². The molecule has 2 amide bonds. The highest BCUT2D eigenvalue weighted by Gasteiger charge is 2.16. The van der Waals surface area contributed by atoms with Gasteiger partial charge in [-0.25, -0.2) is 0 Å². The monoisotopic (exact) mass is 329 g/mol. The Morgan fingerprint density at radius 3 is 3.05 bits per heavy atom. The average Bonchev–Trinajstić information content (AvgIpc) is 2.86. The number of thiophene rings is 1. The molecule has 7 heteroatoms. The highest BCUT2D eigenvalue weighted by Crippen LogP contribution is 2.32. The summed E-state index contributed by atoms with van der Waals surface area (Å²) in [7, 11) is 0. The third-order valence-electron chi connectivity index (χ3n) is 3.12. The molecule has 3 rings (SSSR count). The van der Waals surface area contributed by atoms with Crippen molar-refractivity contribution >= 4 is 45.6 Å². The van der Waals surface area contributed by atoms with Gasteiger partial charge in [0.2, 0.25) is 5.91 Å². The third-order valence-corrected chi connectivity index (χ3v) is 5.02. The van der Waals surface area contributed by atoms with E-state index in [-0.39, 0.29) is 11.8 Å². The van der Waals surface area contributed by atoms with E-state index in [2.05, 4.69) is 10.6 Å². The van der Waals surface area contributed by atoms with E-state index in [4.69, 9.17) is 5.26 Å². The Hall–Kier alpha value is -2.30. The number of benzene rings is 1. The van der Waals surface area contributed by atoms with Crippen molar-refractivity contribution in [3.8, 4) is 6.07 Å². The standard InChI is InChI=1S/C15H11N3O2S2/c16-8-10-3-5-22-15(10)18-14(20)9-1-2-12-11(7-9)17-13(19)4-6-21-12/h1-3,5,7H,4,6H2,(H,17,19)(H,18,20). The maximum absolute atomic E-state index is 12.3. The number of rotatable bonds is 2. The number of hydrogen-bond acceptors (Lipinski definition) is 5. The van der Waals surface area contributed by atoms with E-state index < -0.39 is 0 Å². The molecule has 0 bridgehead atoms. The molecule has 1 aliphatic rings. The van der Waals surface area contributed by atoms with Gasteiger partial charge >= 0.3 is 0 Å². The Kier molecular flexibility index (Phi) is 4.13. The van der Waals surface area contributed by atoms with Crippen molar-refractivity contribution in [1.82, 2.24) is 0 Å². The van der Waals surface area contributed by atoms with Crippen LogP contribution in [0.5, 0.6) is 0 Å². The van der Waals surface area contributed by atoms with Crippen LogP contribution in [-0.2, 0) is 4.79 Å². The predicted octanol–water partition coefficient (Wildman–Crippen LogP) is 3.31. The Morgan fingerprint density at radius 1 is 1.36 bits per heavy atom. The molecule has 0 radical (unpaired) electrons. The van der Waals surface area contributed by atoms with E-state index in [1.165, 1.54) is 11.3 Å². The Balaban J connectivity index is 1.85. The summed E-state index contributed by atoms with van der Waals surface area (Å²) in [5, 5.41) is 16.8. The van der Waals surface area contributed by atoms with Crippen molar-refractivity contribution < 1.29 is 9.59 Å². The number of nitrogens with one attached hydrogen (secondary N) is 2. The number of nitriles is 1. The van der Waals surface area contributed by atoms with Gasteiger partial charge in [0.05, 0.1) is 11.3 Å². The largest absolute Gasteiger partial charge is 0.325 e. The molecule has 0 spiro atoms. The number of fused-ring (bicyclic) bond motifs is 1. The van der Waals surface area contributed by atoms with Crippen LogP contribution in [0.1, 0.15) is 22.3 Å². The summed E-state index contributed by atoms with van der Waals surface area (Å²) in [6.45, 7) is 0. The number of thioether (sulfide) groups is 1. The van der Waals surface area contributed by atoms with Crippen LogP contribution < -0.4 is 10.6 Å². The zero-order valence-electron chi connectivity index (χ0n) is 11.4.